The van der Waals surface area contributed by atoms with Crippen molar-refractivity contribution in [1.82, 2.24) is 4.57 Å². The molecule has 0 atom stereocenters. The molecule has 0 saturated heterocycles. The number of aryl methyl sites for hydroxylation is 1. The lowest BCUT2D eigenvalue weighted by molar-refractivity contribution is -0.116. The van der Waals surface area contributed by atoms with E-state index in [2.05, 4.69) is 16.0 Å². The first-order chi connectivity index (χ1) is 12.2. The van der Waals surface area contributed by atoms with E-state index in [1.54, 1.807) is 18.2 Å². The number of fused-ring (bicyclic) bond motifs is 1. The second-order valence-electron chi connectivity index (χ2n) is 5.78. The number of rotatable bonds is 7. The van der Waals surface area contributed by atoms with Crippen molar-refractivity contribution in [2.75, 3.05) is 11.9 Å². The minimum Gasteiger partial charge on any atom is -0.494 e. The van der Waals surface area contributed by atoms with E-state index in [1.807, 2.05) is 37.4 Å². The molecule has 1 aromatic heterocycles. The van der Waals surface area contributed by atoms with E-state index in [1.165, 1.54) is 5.39 Å². The third-order valence-corrected chi connectivity index (χ3v) is 4.07. The molecule has 0 unspecified atom stereocenters. The molecule has 2 N–H and O–H groups in total. The van der Waals surface area contributed by atoms with Gasteiger partial charge in [0.2, 0.25) is 5.91 Å². The standard InChI is InChI=1S/C20H22N2O3/c1-2-25-19-8-7-17(13-16(19)14-23)21-20(24)10-12-22-11-9-15-5-3-4-6-18(15)22/h3-9,11,13,23H,2,10,12,14H2,1H3,(H,21,24). The van der Waals surface area contributed by atoms with Gasteiger partial charge in [0.05, 0.1) is 13.2 Å². The van der Waals surface area contributed by atoms with Crippen LogP contribution in [0, 0.1) is 0 Å². The van der Waals surface area contributed by atoms with E-state index < -0.39 is 0 Å². The van der Waals surface area contributed by atoms with Gasteiger partial charge in [-0.05, 0) is 42.6 Å². The zero-order valence-corrected chi connectivity index (χ0v) is 14.2. The molecule has 5 heteroatoms. The zero-order chi connectivity index (χ0) is 17.6. The van der Waals surface area contributed by atoms with Crippen molar-refractivity contribution in [2.45, 2.75) is 26.5 Å². The van der Waals surface area contributed by atoms with Gasteiger partial charge < -0.3 is 19.7 Å². The Labute approximate surface area is 146 Å². The van der Waals surface area contributed by atoms with E-state index in [9.17, 15) is 9.90 Å². The second-order valence-corrected chi connectivity index (χ2v) is 5.78. The van der Waals surface area contributed by atoms with Gasteiger partial charge in [0.15, 0.2) is 0 Å². The minimum atomic E-state index is -0.131. The summed E-state index contributed by atoms with van der Waals surface area (Å²) in [6.45, 7) is 2.91. The van der Waals surface area contributed by atoms with Crippen molar-refractivity contribution in [1.29, 1.82) is 0 Å². The molecular weight excluding hydrogens is 316 g/mol. The third kappa shape index (κ3) is 4.00. The number of aromatic nitrogens is 1. The van der Waals surface area contributed by atoms with Crippen LogP contribution in [0.4, 0.5) is 5.69 Å². The molecule has 1 heterocycles. The molecule has 0 aliphatic rings. The highest BCUT2D eigenvalue weighted by Gasteiger charge is 2.08. The predicted molar refractivity (Wildman–Crippen MR) is 98.7 cm³/mol. The summed E-state index contributed by atoms with van der Waals surface area (Å²) in [7, 11) is 0. The van der Waals surface area contributed by atoms with Crippen molar-refractivity contribution in [3.63, 3.8) is 0 Å². The quantitative estimate of drug-likeness (QED) is 0.692. The Morgan fingerprint density at radius 2 is 2.04 bits per heavy atom. The number of carbonyl (C=O) groups is 1. The van der Waals surface area contributed by atoms with Gasteiger partial charge in [-0.3, -0.25) is 4.79 Å². The molecule has 0 spiro atoms. The summed E-state index contributed by atoms with van der Waals surface area (Å²) in [6.07, 6.45) is 2.37. The third-order valence-electron chi connectivity index (χ3n) is 4.07. The summed E-state index contributed by atoms with van der Waals surface area (Å²) < 4.78 is 7.52. The average molecular weight is 338 g/mol. The van der Waals surface area contributed by atoms with Crippen LogP contribution in [-0.2, 0) is 17.9 Å². The molecular formula is C20H22N2O3. The number of nitrogens with one attached hydrogen (secondary N) is 1. The van der Waals surface area contributed by atoms with Gasteiger partial charge in [-0.25, -0.2) is 0 Å². The van der Waals surface area contributed by atoms with Crippen molar-refractivity contribution < 1.29 is 14.6 Å². The number of anilines is 1. The largest absolute Gasteiger partial charge is 0.494 e. The Morgan fingerprint density at radius 1 is 1.20 bits per heavy atom. The van der Waals surface area contributed by atoms with Crippen LogP contribution in [0.5, 0.6) is 5.75 Å². The summed E-state index contributed by atoms with van der Waals surface area (Å²) in [6, 6.07) is 15.5. The van der Waals surface area contributed by atoms with Gasteiger partial charge >= 0.3 is 0 Å². The number of benzene rings is 2. The van der Waals surface area contributed by atoms with Crippen LogP contribution >= 0.6 is 0 Å². The van der Waals surface area contributed by atoms with Crippen LogP contribution in [0.25, 0.3) is 10.9 Å². The normalized spacial score (nSPS) is 10.8. The number of carbonyl (C=O) groups excluding carboxylic acids is 1. The van der Waals surface area contributed by atoms with Crippen molar-refractivity contribution >= 4 is 22.5 Å². The number of amides is 1. The fourth-order valence-electron chi connectivity index (χ4n) is 2.86. The highest BCUT2D eigenvalue weighted by molar-refractivity contribution is 5.91. The predicted octanol–water partition coefficient (Wildman–Crippen LogP) is 3.56. The molecule has 25 heavy (non-hydrogen) atoms. The van der Waals surface area contributed by atoms with Gasteiger partial charge in [-0.1, -0.05) is 18.2 Å². The summed E-state index contributed by atoms with van der Waals surface area (Å²) in [4.78, 5) is 12.2. The topological polar surface area (TPSA) is 63.5 Å². The summed E-state index contributed by atoms with van der Waals surface area (Å²) in [5.74, 6) is 0.577. The van der Waals surface area contributed by atoms with Crippen LogP contribution in [-0.4, -0.2) is 22.2 Å². The fourth-order valence-corrected chi connectivity index (χ4v) is 2.86. The highest BCUT2D eigenvalue weighted by Crippen LogP contribution is 2.23. The van der Waals surface area contributed by atoms with Gasteiger partial charge in [-0.15, -0.1) is 0 Å². The molecule has 0 saturated carbocycles. The maximum Gasteiger partial charge on any atom is 0.226 e. The highest BCUT2D eigenvalue weighted by atomic mass is 16.5. The molecule has 0 aliphatic carbocycles. The van der Waals surface area contributed by atoms with Crippen molar-refractivity contribution in [2.24, 2.45) is 0 Å². The number of ether oxygens (including phenoxy) is 1. The first-order valence-corrected chi connectivity index (χ1v) is 8.41. The lowest BCUT2D eigenvalue weighted by Crippen LogP contribution is -2.14. The Morgan fingerprint density at radius 3 is 2.84 bits per heavy atom. The SMILES string of the molecule is CCOc1ccc(NC(=O)CCn2ccc3ccccc32)cc1CO. The molecule has 2 aromatic carbocycles. The molecule has 0 radical (unpaired) electrons. The van der Waals surface area contributed by atoms with Crippen LogP contribution in [0.1, 0.15) is 18.9 Å². The van der Waals surface area contributed by atoms with E-state index >= 15 is 0 Å². The summed E-state index contributed by atoms with van der Waals surface area (Å²) >= 11 is 0. The van der Waals surface area contributed by atoms with Crippen LogP contribution < -0.4 is 10.1 Å². The Balaban J connectivity index is 1.62. The summed E-state index contributed by atoms with van der Waals surface area (Å²) in [5, 5.41) is 13.5. The lowest BCUT2D eigenvalue weighted by Gasteiger charge is -2.12. The maximum absolute atomic E-state index is 12.2. The van der Waals surface area contributed by atoms with E-state index in [0.29, 0.717) is 36.6 Å². The van der Waals surface area contributed by atoms with Crippen molar-refractivity contribution in [3.8, 4) is 5.75 Å². The Hall–Kier alpha value is -2.79. The van der Waals surface area contributed by atoms with Gasteiger partial charge in [0.25, 0.3) is 0 Å². The molecule has 5 nitrogen and oxygen atoms in total. The van der Waals surface area contributed by atoms with Crippen LogP contribution in [0.15, 0.2) is 54.7 Å². The number of hydrogen-bond donors (Lipinski definition) is 2. The maximum atomic E-state index is 12.2. The zero-order valence-electron chi connectivity index (χ0n) is 14.2. The number of aliphatic hydroxyl groups is 1. The average Bonchev–Trinajstić information content (AvgIpc) is 3.04. The Bertz CT molecular complexity index is 870. The molecule has 1 amide bonds. The number of nitrogens with zero attached hydrogens (tertiary/aromatic N) is 1. The Kier molecular flexibility index (Phi) is 5.36. The second kappa shape index (κ2) is 7.85. The molecule has 0 aliphatic heterocycles. The van der Waals surface area contributed by atoms with E-state index in [-0.39, 0.29) is 12.5 Å². The monoisotopic (exact) mass is 338 g/mol. The van der Waals surface area contributed by atoms with Gasteiger partial charge in [-0.2, -0.15) is 0 Å². The number of aliphatic hydroxyl groups excluding tert-OH is 1. The first-order valence-electron chi connectivity index (χ1n) is 8.41. The summed E-state index contributed by atoms with van der Waals surface area (Å²) in [5.41, 5.74) is 2.45. The van der Waals surface area contributed by atoms with Crippen LogP contribution in [0.2, 0.25) is 0 Å². The molecule has 3 rings (SSSR count). The molecule has 0 bridgehead atoms. The lowest BCUT2D eigenvalue weighted by atomic mass is 10.2. The number of hydrogen-bond acceptors (Lipinski definition) is 3. The number of para-hydroxylation sites is 1. The molecule has 0 fully saturated rings. The minimum absolute atomic E-state index is 0.0640. The smallest absolute Gasteiger partial charge is 0.226 e. The van der Waals surface area contributed by atoms with Crippen LogP contribution in [0.3, 0.4) is 0 Å². The molecule has 3 aromatic rings. The first kappa shape index (κ1) is 17.0. The van der Waals surface area contributed by atoms with Crippen molar-refractivity contribution in [3.05, 3.63) is 60.3 Å². The van der Waals surface area contributed by atoms with E-state index in [4.69, 9.17) is 4.74 Å². The fraction of sp³-hybridized carbons (Fsp3) is 0.250. The molecule has 130 valence electrons. The van der Waals surface area contributed by atoms with Gasteiger partial charge in [0, 0.05) is 35.9 Å². The van der Waals surface area contributed by atoms with Gasteiger partial charge in [0.1, 0.15) is 5.75 Å². The van der Waals surface area contributed by atoms with E-state index in [0.717, 1.165) is 5.52 Å².